The van der Waals surface area contributed by atoms with Gasteiger partial charge in [-0.2, -0.15) is 0 Å². The first-order valence-electron chi connectivity index (χ1n) is 6.27. The highest BCUT2D eigenvalue weighted by Gasteiger charge is 2.15. The van der Waals surface area contributed by atoms with Gasteiger partial charge in [0.15, 0.2) is 0 Å². The van der Waals surface area contributed by atoms with E-state index in [1.807, 2.05) is 12.1 Å². The summed E-state index contributed by atoms with van der Waals surface area (Å²) < 4.78 is 6.65. The SMILES string of the molecule is O=C(CCC1CCCCO1)Nc1ccc(I)cn1. The summed E-state index contributed by atoms with van der Waals surface area (Å²) in [6, 6.07) is 3.74. The van der Waals surface area contributed by atoms with E-state index in [2.05, 4.69) is 32.9 Å². The molecule has 2 rings (SSSR count). The number of carbonyl (C=O) groups is 1. The molecule has 1 aliphatic heterocycles. The molecule has 18 heavy (non-hydrogen) atoms. The minimum atomic E-state index is 0.0119. The van der Waals surface area contributed by atoms with Crippen LogP contribution in [0.25, 0.3) is 0 Å². The molecule has 0 saturated carbocycles. The Hall–Kier alpha value is -0.690. The van der Waals surface area contributed by atoms with Crippen LogP contribution in [0.1, 0.15) is 32.1 Å². The van der Waals surface area contributed by atoms with Crippen molar-refractivity contribution < 1.29 is 9.53 Å². The first-order valence-corrected chi connectivity index (χ1v) is 7.35. The van der Waals surface area contributed by atoms with Crippen molar-refractivity contribution in [1.82, 2.24) is 4.98 Å². The summed E-state index contributed by atoms with van der Waals surface area (Å²) >= 11 is 2.18. The van der Waals surface area contributed by atoms with E-state index < -0.39 is 0 Å². The van der Waals surface area contributed by atoms with Gasteiger partial charge in [0.2, 0.25) is 5.91 Å². The highest BCUT2D eigenvalue weighted by Crippen LogP contribution is 2.17. The lowest BCUT2D eigenvalue weighted by molar-refractivity contribution is -0.117. The molecule has 5 heteroatoms. The van der Waals surface area contributed by atoms with Crippen LogP contribution in [0.5, 0.6) is 0 Å². The number of amides is 1. The Morgan fingerprint density at radius 3 is 3.06 bits per heavy atom. The third-order valence-electron chi connectivity index (χ3n) is 2.96. The molecule has 98 valence electrons. The Morgan fingerprint density at radius 1 is 1.50 bits per heavy atom. The summed E-state index contributed by atoms with van der Waals surface area (Å²) in [5, 5.41) is 2.80. The molecule has 1 fully saturated rings. The second-order valence-electron chi connectivity index (χ2n) is 4.44. The second kappa shape index (κ2) is 7.04. The van der Waals surface area contributed by atoms with Crippen molar-refractivity contribution in [3.8, 4) is 0 Å². The molecule has 1 aromatic rings. The molecular formula is C13H17IN2O2. The van der Waals surface area contributed by atoms with Gasteiger partial charge in [-0.3, -0.25) is 4.79 Å². The van der Waals surface area contributed by atoms with Crippen LogP contribution in [0.15, 0.2) is 18.3 Å². The zero-order valence-corrected chi connectivity index (χ0v) is 12.4. The molecule has 1 saturated heterocycles. The molecular weight excluding hydrogens is 343 g/mol. The molecule has 0 bridgehead atoms. The van der Waals surface area contributed by atoms with Gasteiger partial charge in [0.25, 0.3) is 0 Å². The molecule has 1 amide bonds. The van der Waals surface area contributed by atoms with Crippen molar-refractivity contribution in [1.29, 1.82) is 0 Å². The van der Waals surface area contributed by atoms with Gasteiger partial charge in [-0.15, -0.1) is 0 Å². The Labute approximate surface area is 121 Å². The van der Waals surface area contributed by atoms with Crippen LogP contribution in [-0.4, -0.2) is 23.6 Å². The van der Waals surface area contributed by atoms with Gasteiger partial charge in [0, 0.05) is 22.8 Å². The molecule has 1 aromatic heterocycles. The predicted octanol–water partition coefficient (Wildman–Crippen LogP) is 2.97. The summed E-state index contributed by atoms with van der Waals surface area (Å²) in [6.45, 7) is 0.838. The average molecular weight is 360 g/mol. The zero-order valence-electron chi connectivity index (χ0n) is 10.2. The van der Waals surface area contributed by atoms with E-state index in [1.54, 1.807) is 6.20 Å². The molecule has 4 nitrogen and oxygen atoms in total. The molecule has 1 unspecified atom stereocenters. The summed E-state index contributed by atoms with van der Waals surface area (Å²) in [4.78, 5) is 15.9. The minimum absolute atomic E-state index is 0.0119. The fourth-order valence-corrected chi connectivity index (χ4v) is 2.30. The van der Waals surface area contributed by atoms with Gasteiger partial charge in [-0.1, -0.05) is 0 Å². The maximum atomic E-state index is 11.7. The number of pyridine rings is 1. The number of nitrogens with zero attached hydrogens (tertiary/aromatic N) is 1. The van der Waals surface area contributed by atoms with E-state index in [0.29, 0.717) is 12.2 Å². The average Bonchev–Trinajstić information content (AvgIpc) is 2.40. The quantitative estimate of drug-likeness (QED) is 0.840. The van der Waals surface area contributed by atoms with Crippen molar-refractivity contribution in [2.75, 3.05) is 11.9 Å². The molecule has 1 N–H and O–H groups in total. The van der Waals surface area contributed by atoms with Crippen molar-refractivity contribution in [3.63, 3.8) is 0 Å². The topological polar surface area (TPSA) is 51.2 Å². The normalized spacial score (nSPS) is 19.5. The van der Waals surface area contributed by atoms with Crippen LogP contribution in [0.3, 0.4) is 0 Å². The Bertz CT molecular complexity index is 388. The molecule has 0 aliphatic carbocycles. The van der Waals surface area contributed by atoms with Crippen LogP contribution in [0.4, 0.5) is 5.82 Å². The van der Waals surface area contributed by atoms with Gasteiger partial charge >= 0.3 is 0 Å². The van der Waals surface area contributed by atoms with Crippen molar-refractivity contribution in [2.45, 2.75) is 38.2 Å². The van der Waals surface area contributed by atoms with E-state index in [1.165, 1.54) is 6.42 Å². The van der Waals surface area contributed by atoms with E-state index in [4.69, 9.17) is 4.74 Å². The number of hydrogen-bond acceptors (Lipinski definition) is 3. The Kier molecular flexibility index (Phi) is 5.37. The predicted molar refractivity (Wildman–Crippen MR) is 78.4 cm³/mol. The molecule has 1 aliphatic rings. The molecule has 0 spiro atoms. The smallest absolute Gasteiger partial charge is 0.225 e. The van der Waals surface area contributed by atoms with E-state index >= 15 is 0 Å². The number of aromatic nitrogens is 1. The van der Waals surface area contributed by atoms with E-state index in [0.717, 1.165) is 29.4 Å². The van der Waals surface area contributed by atoms with Gasteiger partial charge in [0.05, 0.1) is 6.10 Å². The van der Waals surface area contributed by atoms with Gasteiger partial charge < -0.3 is 10.1 Å². The maximum Gasteiger partial charge on any atom is 0.225 e. The molecule has 1 atom stereocenters. The van der Waals surface area contributed by atoms with Crippen LogP contribution in [-0.2, 0) is 9.53 Å². The first kappa shape index (κ1) is 13.7. The third-order valence-corrected chi connectivity index (χ3v) is 3.60. The molecule has 0 aromatic carbocycles. The monoisotopic (exact) mass is 360 g/mol. The number of anilines is 1. The summed E-state index contributed by atoms with van der Waals surface area (Å²) in [7, 11) is 0. The lowest BCUT2D eigenvalue weighted by atomic mass is 10.0. The van der Waals surface area contributed by atoms with Crippen LogP contribution < -0.4 is 5.32 Å². The van der Waals surface area contributed by atoms with Crippen molar-refractivity contribution in [2.24, 2.45) is 0 Å². The highest BCUT2D eigenvalue weighted by atomic mass is 127. The van der Waals surface area contributed by atoms with Gasteiger partial charge in [-0.05, 0) is 60.4 Å². The Balaban J connectivity index is 1.73. The summed E-state index contributed by atoms with van der Waals surface area (Å²) in [5.41, 5.74) is 0. The van der Waals surface area contributed by atoms with Gasteiger partial charge in [0.1, 0.15) is 5.82 Å². The summed E-state index contributed by atoms with van der Waals surface area (Å²) in [6.07, 6.45) is 6.73. The number of nitrogens with one attached hydrogen (secondary N) is 1. The van der Waals surface area contributed by atoms with Crippen LogP contribution in [0, 0.1) is 3.57 Å². The number of ether oxygens (including phenoxy) is 1. The molecule has 2 heterocycles. The molecule has 0 radical (unpaired) electrons. The first-order chi connectivity index (χ1) is 8.74. The van der Waals surface area contributed by atoms with Crippen LogP contribution in [0.2, 0.25) is 0 Å². The van der Waals surface area contributed by atoms with Gasteiger partial charge in [-0.25, -0.2) is 4.98 Å². The number of rotatable bonds is 4. The van der Waals surface area contributed by atoms with Crippen LogP contribution >= 0.6 is 22.6 Å². The van der Waals surface area contributed by atoms with Crippen molar-refractivity contribution >= 4 is 34.3 Å². The zero-order chi connectivity index (χ0) is 12.8. The van der Waals surface area contributed by atoms with E-state index in [9.17, 15) is 4.79 Å². The van der Waals surface area contributed by atoms with E-state index in [-0.39, 0.29) is 12.0 Å². The minimum Gasteiger partial charge on any atom is -0.378 e. The lowest BCUT2D eigenvalue weighted by Crippen LogP contribution is -2.22. The Morgan fingerprint density at radius 2 is 2.39 bits per heavy atom. The maximum absolute atomic E-state index is 11.7. The fraction of sp³-hybridized carbons (Fsp3) is 0.538. The summed E-state index contributed by atoms with van der Waals surface area (Å²) in [5.74, 6) is 0.628. The highest BCUT2D eigenvalue weighted by molar-refractivity contribution is 14.1. The second-order valence-corrected chi connectivity index (χ2v) is 5.68. The fourth-order valence-electron chi connectivity index (χ4n) is 1.98. The number of carbonyl (C=O) groups excluding carboxylic acids is 1. The number of halogens is 1. The number of hydrogen-bond donors (Lipinski definition) is 1. The standard InChI is InChI=1S/C13H17IN2O2/c14-10-4-6-12(15-9-10)16-13(17)7-5-11-3-1-2-8-18-11/h4,6,9,11H,1-3,5,7-8H2,(H,15,16,17). The lowest BCUT2D eigenvalue weighted by Gasteiger charge is -2.22. The van der Waals surface area contributed by atoms with Crippen molar-refractivity contribution in [3.05, 3.63) is 21.9 Å². The largest absolute Gasteiger partial charge is 0.378 e. The third kappa shape index (κ3) is 4.53.